The molecular weight excluding hydrogens is 668 g/mol. The molecule has 238 valence electrons. The predicted octanol–water partition coefficient (Wildman–Crippen LogP) is 4.94. The van der Waals surface area contributed by atoms with Crippen molar-refractivity contribution in [2.75, 3.05) is 10.2 Å². The third-order valence-electron chi connectivity index (χ3n) is 8.04. The number of rotatable bonds is 6. The molecule has 1 aromatic heterocycles. The summed E-state index contributed by atoms with van der Waals surface area (Å²) in [5, 5.41) is 7.92. The number of thioether (sulfide) groups is 1. The van der Waals surface area contributed by atoms with Crippen molar-refractivity contribution in [3.05, 3.63) is 103 Å². The lowest BCUT2D eigenvalue weighted by Gasteiger charge is -2.31. The van der Waals surface area contributed by atoms with Crippen LogP contribution in [0.2, 0.25) is 5.02 Å². The Morgan fingerprint density at radius 3 is 2.15 bits per heavy atom. The van der Waals surface area contributed by atoms with Crippen molar-refractivity contribution in [3.63, 3.8) is 0 Å². The summed E-state index contributed by atoms with van der Waals surface area (Å²) in [7, 11) is -3.90. The van der Waals surface area contributed by atoms with Crippen LogP contribution in [-0.2, 0) is 36.4 Å². The molecule has 0 saturated carbocycles. The van der Waals surface area contributed by atoms with Crippen LogP contribution in [0.4, 0.5) is 11.4 Å². The number of anilines is 2. The van der Waals surface area contributed by atoms with Gasteiger partial charge >= 0.3 is 4.87 Å². The second kappa shape index (κ2) is 11.8. The first-order valence-corrected chi connectivity index (χ1v) is 17.8. The minimum Gasteiger partial charge on any atom is -0.325 e. The molecule has 0 unspecified atom stereocenters. The number of carbonyl (C=O) groups is 3. The molecule has 0 aliphatic carbocycles. The number of primary sulfonamides is 1. The third kappa shape index (κ3) is 5.93. The first-order valence-electron chi connectivity index (χ1n) is 14.2. The third-order valence-corrected chi connectivity index (χ3v) is 11.8. The first-order chi connectivity index (χ1) is 21.6. The van der Waals surface area contributed by atoms with Crippen LogP contribution < -0.4 is 20.2 Å². The van der Waals surface area contributed by atoms with Crippen LogP contribution in [-0.4, -0.2) is 36.0 Å². The lowest BCUT2D eigenvalue weighted by Crippen LogP contribution is -2.33. The number of imide groups is 1. The lowest BCUT2D eigenvalue weighted by atomic mass is 9.81. The lowest BCUT2D eigenvalue weighted by molar-refractivity contribution is -0.122. The van der Waals surface area contributed by atoms with Gasteiger partial charge in [-0.1, -0.05) is 79.7 Å². The molecule has 1 saturated heterocycles. The monoisotopic (exact) mass is 696 g/mol. The van der Waals surface area contributed by atoms with Crippen molar-refractivity contribution in [1.29, 1.82) is 0 Å². The van der Waals surface area contributed by atoms with Gasteiger partial charge in [-0.05, 0) is 65.1 Å². The van der Waals surface area contributed by atoms with Gasteiger partial charge in [0.1, 0.15) is 11.8 Å². The number of hydrogen-bond acceptors (Lipinski definition) is 8. The van der Waals surface area contributed by atoms with Gasteiger partial charge in [0.15, 0.2) is 0 Å². The van der Waals surface area contributed by atoms with E-state index in [1.807, 2.05) is 24.3 Å². The molecule has 3 amide bonds. The molecule has 3 heterocycles. The quantitative estimate of drug-likeness (QED) is 0.271. The van der Waals surface area contributed by atoms with Crippen LogP contribution in [0.1, 0.15) is 42.7 Å². The Hall–Kier alpha value is -3.75. The Labute approximate surface area is 278 Å². The summed E-state index contributed by atoms with van der Waals surface area (Å²) in [5.74, 6) is -2.69. The fourth-order valence-electron chi connectivity index (χ4n) is 5.72. The molecular formula is C32H29ClN4O6S3. The molecule has 2 aliphatic rings. The minimum absolute atomic E-state index is 0.107. The van der Waals surface area contributed by atoms with Gasteiger partial charge < -0.3 is 5.32 Å². The number of nitrogens with two attached hydrogens (primary N) is 1. The topological polar surface area (TPSA) is 149 Å². The van der Waals surface area contributed by atoms with E-state index in [-0.39, 0.29) is 22.8 Å². The predicted molar refractivity (Wildman–Crippen MR) is 179 cm³/mol. The standard InChI is InChI=1S/C32H29ClN4O6S3/c1-32(2,3)18-6-4-17(5-7-18)24-25-26(29(40)37(28(25)39)21-12-8-19(33)9-13-21)44-30-27(24)45-31(41)36(30)16-23(38)35-20-10-14-22(15-11-20)46(34,42)43/h4-15,24-26H,16H2,1-3H3,(H,35,38)(H2,34,42,43)/t24-,25+,26-/m0/s1. The number of nitrogens with zero attached hydrogens (tertiary/aromatic N) is 2. The number of benzene rings is 3. The summed E-state index contributed by atoms with van der Waals surface area (Å²) >= 11 is 8.15. The molecule has 0 bridgehead atoms. The maximum atomic E-state index is 14.1. The minimum atomic E-state index is -3.90. The van der Waals surface area contributed by atoms with E-state index in [4.69, 9.17) is 16.7 Å². The van der Waals surface area contributed by atoms with Crippen molar-refractivity contribution < 1.29 is 22.8 Å². The van der Waals surface area contributed by atoms with Crippen LogP contribution >= 0.6 is 34.7 Å². The van der Waals surface area contributed by atoms with E-state index in [0.29, 0.717) is 26.3 Å². The molecule has 46 heavy (non-hydrogen) atoms. The SMILES string of the molecule is CC(C)(C)c1ccc([C@@H]2c3sc(=O)n(CC(=O)Nc4ccc(S(N)(=O)=O)cc4)c3S[C@@H]3C(=O)N(c4ccc(Cl)cc4)C(=O)[C@H]23)cc1. The van der Waals surface area contributed by atoms with Gasteiger partial charge in [0.25, 0.3) is 0 Å². The number of hydrogen-bond donors (Lipinski definition) is 2. The van der Waals surface area contributed by atoms with Crippen LogP contribution in [0, 0.1) is 5.92 Å². The Kier molecular flexibility index (Phi) is 8.26. The highest BCUT2D eigenvalue weighted by molar-refractivity contribution is 8.00. The van der Waals surface area contributed by atoms with E-state index in [1.165, 1.54) is 33.7 Å². The van der Waals surface area contributed by atoms with Crippen molar-refractivity contribution >= 4 is 73.8 Å². The first kappa shape index (κ1) is 32.2. The average molecular weight is 697 g/mol. The summed E-state index contributed by atoms with van der Waals surface area (Å²) in [4.78, 5) is 55.9. The number of nitrogens with one attached hydrogen (secondary N) is 1. The smallest absolute Gasteiger partial charge is 0.308 e. The molecule has 4 aromatic rings. The number of carbonyl (C=O) groups excluding carboxylic acids is 3. The Bertz CT molecular complexity index is 2030. The van der Waals surface area contributed by atoms with Crippen molar-refractivity contribution in [2.45, 2.75) is 53.8 Å². The maximum absolute atomic E-state index is 14.1. The van der Waals surface area contributed by atoms with Crippen LogP contribution in [0.25, 0.3) is 0 Å². The summed E-state index contributed by atoms with van der Waals surface area (Å²) in [6.07, 6.45) is 0. The molecule has 3 atom stereocenters. The second-order valence-corrected chi connectivity index (χ2v) is 16.3. The van der Waals surface area contributed by atoms with Crippen LogP contribution in [0.5, 0.6) is 0 Å². The van der Waals surface area contributed by atoms with E-state index >= 15 is 0 Å². The number of fused-ring (bicyclic) bond motifs is 2. The van der Waals surface area contributed by atoms with Crippen molar-refractivity contribution in [3.8, 4) is 0 Å². The number of amides is 3. The van der Waals surface area contributed by atoms with Gasteiger partial charge in [-0.15, -0.1) is 0 Å². The molecule has 6 rings (SSSR count). The molecule has 3 aromatic carbocycles. The highest BCUT2D eigenvalue weighted by atomic mass is 35.5. The zero-order valence-corrected chi connectivity index (χ0v) is 28.1. The number of sulfonamides is 1. The molecule has 1 fully saturated rings. The number of aromatic nitrogens is 1. The van der Waals surface area contributed by atoms with Gasteiger partial charge in [0, 0.05) is 21.5 Å². The van der Waals surface area contributed by atoms with Gasteiger partial charge in [0.05, 0.1) is 21.5 Å². The highest BCUT2D eigenvalue weighted by Crippen LogP contribution is 2.54. The summed E-state index contributed by atoms with van der Waals surface area (Å²) in [5.41, 5.74) is 2.49. The van der Waals surface area contributed by atoms with E-state index in [9.17, 15) is 27.6 Å². The summed E-state index contributed by atoms with van der Waals surface area (Å²) < 4.78 is 24.5. The van der Waals surface area contributed by atoms with Gasteiger partial charge in [-0.25, -0.2) is 18.5 Å². The van der Waals surface area contributed by atoms with Gasteiger partial charge in [0.2, 0.25) is 27.7 Å². The molecule has 3 N–H and O–H groups in total. The molecule has 0 radical (unpaired) electrons. The second-order valence-electron chi connectivity index (χ2n) is 12.1. The Morgan fingerprint density at radius 2 is 1.57 bits per heavy atom. The van der Waals surface area contributed by atoms with Gasteiger partial charge in [-0.3, -0.25) is 23.7 Å². The van der Waals surface area contributed by atoms with Crippen LogP contribution in [0.3, 0.4) is 0 Å². The molecule has 0 spiro atoms. The fraction of sp³-hybridized carbons (Fsp3) is 0.250. The fourth-order valence-corrected chi connectivity index (χ4v) is 9.14. The van der Waals surface area contributed by atoms with Crippen molar-refractivity contribution in [1.82, 2.24) is 4.57 Å². The highest BCUT2D eigenvalue weighted by Gasteiger charge is 2.56. The van der Waals surface area contributed by atoms with E-state index in [1.54, 1.807) is 24.3 Å². The molecule has 14 heteroatoms. The average Bonchev–Trinajstić information content (AvgIpc) is 3.43. The van der Waals surface area contributed by atoms with Crippen LogP contribution in [0.15, 0.2) is 87.5 Å². The summed E-state index contributed by atoms with van der Waals surface area (Å²) in [6.45, 7) is 5.94. The zero-order chi connectivity index (χ0) is 33.1. The Balaban J connectivity index is 1.38. The maximum Gasteiger partial charge on any atom is 0.308 e. The molecule has 10 nitrogen and oxygen atoms in total. The van der Waals surface area contributed by atoms with Gasteiger partial charge in [-0.2, -0.15) is 0 Å². The van der Waals surface area contributed by atoms with Crippen molar-refractivity contribution in [2.24, 2.45) is 11.1 Å². The molecule has 2 aliphatic heterocycles. The largest absolute Gasteiger partial charge is 0.325 e. The Morgan fingerprint density at radius 1 is 0.935 bits per heavy atom. The number of halogens is 1. The zero-order valence-electron chi connectivity index (χ0n) is 24.9. The van der Waals surface area contributed by atoms with E-state index in [0.717, 1.165) is 34.2 Å². The normalized spacial score (nSPS) is 19.6. The summed E-state index contributed by atoms with van der Waals surface area (Å²) in [6, 6.07) is 19.7. The van der Waals surface area contributed by atoms with E-state index < -0.39 is 43.8 Å². The van der Waals surface area contributed by atoms with E-state index in [2.05, 4.69) is 26.1 Å². The number of thiazole rings is 1.